The van der Waals surface area contributed by atoms with Crippen LogP contribution < -0.4 is 0 Å². The Labute approximate surface area is 164 Å². The topological polar surface area (TPSA) is 0 Å². The molecule has 0 amide bonds. The van der Waals surface area contributed by atoms with E-state index in [2.05, 4.69) is 63.3 Å². The van der Waals surface area contributed by atoms with Gasteiger partial charge in [0.2, 0.25) is 0 Å². The van der Waals surface area contributed by atoms with Gasteiger partial charge in [-0.3, -0.25) is 0 Å². The van der Waals surface area contributed by atoms with Crippen LogP contribution in [0.15, 0.2) is 36.4 Å². The summed E-state index contributed by atoms with van der Waals surface area (Å²) in [6, 6.07) is 13.5. The Hall–Kier alpha value is -0.200. The SMILES string of the molecule is CC1CCCc2[cH-]ccc21.CC1CCCc2[cH-]ccc21.C[Si](C)=[Zr+2]. The van der Waals surface area contributed by atoms with E-state index in [9.17, 15) is 0 Å². The predicted octanol–water partition coefficient (Wildman–Crippen LogP) is 6.47. The second-order valence-electron chi connectivity index (χ2n) is 7.60. The number of rotatable bonds is 0. The van der Waals surface area contributed by atoms with Crippen molar-refractivity contribution >= 4 is 5.43 Å². The van der Waals surface area contributed by atoms with Gasteiger partial charge in [-0.05, 0) is 0 Å². The maximum absolute atomic E-state index is 2.33. The summed E-state index contributed by atoms with van der Waals surface area (Å²) in [4.78, 5) is 0. The van der Waals surface area contributed by atoms with Gasteiger partial charge >= 0.3 is 41.9 Å². The summed E-state index contributed by atoms with van der Waals surface area (Å²) in [5.74, 6) is 1.64. The second kappa shape index (κ2) is 10.1. The van der Waals surface area contributed by atoms with Crippen molar-refractivity contribution in [3.63, 3.8) is 0 Å². The van der Waals surface area contributed by atoms with Crippen LogP contribution in [0.4, 0.5) is 0 Å². The van der Waals surface area contributed by atoms with Crippen LogP contribution >= 0.6 is 0 Å². The summed E-state index contributed by atoms with van der Waals surface area (Å²) < 4.78 is 0. The standard InChI is InChI=1S/2C10H13.C2H6Si.Zr/c2*1-8-4-2-5-9-6-3-7-10(8)9;1-3-2;/h2*3,6-8H,2,4-5H2,1H3;1-2H3;/q2*-1;;+2. The van der Waals surface area contributed by atoms with Crippen molar-refractivity contribution in [3.8, 4) is 0 Å². The van der Waals surface area contributed by atoms with E-state index in [-0.39, 0.29) is 5.43 Å². The van der Waals surface area contributed by atoms with Gasteiger partial charge in [-0.1, -0.05) is 64.2 Å². The molecule has 24 heavy (non-hydrogen) atoms. The van der Waals surface area contributed by atoms with Crippen molar-refractivity contribution < 1.29 is 23.3 Å². The molecule has 128 valence electrons. The maximum atomic E-state index is 2.33. The Kier molecular flexibility index (Phi) is 8.44. The number of hydrogen-bond acceptors (Lipinski definition) is 0. The predicted molar refractivity (Wildman–Crippen MR) is 104 cm³/mol. The first kappa shape index (κ1) is 20.1. The molecule has 2 atom stereocenters. The summed E-state index contributed by atoms with van der Waals surface area (Å²) in [5, 5.41) is 0. The van der Waals surface area contributed by atoms with Crippen molar-refractivity contribution in [2.75, 3.05) is 0 Å². The van der Waals surface area contributed by atoms with Crippen LogP contribution in [0.2, 0.25) is 13.1 Å². The second-order valence-corrected chi connectivity index (χ2v) is 17.0. The number of fused-ring (bicyclic) bond motifs is 2. The van der Waals surface area contributed by atoms with Gasteiger partial charge in [0, 0.05) is 0 Å². The van der Waals surface area contributed by atoms with Crippen molar-refractivity contribution in [2.45, 2.75) is 77.3 Å². The summed E-state index contributed by atoms with van der Waals surface area (Å²) >= 11 is 1.74. The normalized spacial score (nSPS) is 21.4. The molecular formula is C22H32SiZr. The molecule has 0 radical (unpaired) electrons. The molecule has 2 heteroatoms. The van der Waals surface area contributed by atoms with E-state index in [4.69, 9.17) is 0 Å². The quantitative estimate of drug-likeness (QED) is 0.341. The van der Waals surface area contributed by atoms with Crippen molar-refractivity contribution in [1.29, 1.82) is 0 Å². The monoisotopic (exact) mass is 414 g/mol. The molecule has 4 rings (SSSR count). The molecule has 0 bridgehead atoms. The van der Waals surface area contributed by atoms with Crippen molar-refractivity contribution in [2.24, 2.45) is 0 Å². The van der Waals surface area contributed by atoms with Crippen LogP contribution in [0.5, 0.6) is 0 Å². The Morgan fingerprint density at radius 2 is 1.25 bits per heavy atom. The van der Waals surface area contributed by atoms with E-state index in [0.717, 1.165) is 11.8 Å². The molecule has 0 nitrogen and oxygen atoms in total. The van der Waals surface area contributed by atoms with Crippen LogP contribution in [0.25, 0.3) is 0 Å². The van der Waals surface area contributed by atoms with Gasteiger partial charge in [-0.15, -0.1) is 0 Å². The van der Waals surface area contributed by atoms with Gasteiger partial charge in [0.25, 0.3) is 0 Å². The Bertz CT molecular complexity index is 580. The van der Waals surface area contributed by atoms with Gasteiger partial charge in [0.05, 0.1) is 0 Å². The molecule has 0 aliphatic heterocycles. The fourth-order valence-corrected chi connectivity index (χ4v) is 3.87. The van der Waals surface area contributed by atoms with Crippen LogP contribution in [0, 0.1) is 0 Å². The first-order chi connectivity index (χ1) is 11.5. The summed E-state index contributed by atoms with van der Waals surface area (Å²) in [6.07, 6.45) is 8.17. The zero-order chi connectivity index (χ0) is 17.5. The Morgan fingerprint density at radius 1 is 0.875 bits per heavy atom. The van der Waals surface area contributed by atoms with E-state index in [1.165, 1.54) is 38.5 Å². The summed E-state index contributed by atoms with van der Waals surface area (Å²) in [7, 11) is 0. The Morgan fingerprint density at radius 3 is 1.58 bits per heavy atom. The van der Waals surface area contributed by atoms with E-state index in [0.29, 0.717) is 0 Å². The molecule has 0 aromatic heterocycles. The van der Waals surface area contributed by atoms with Gasteiger partial charge in [-0.2, -0.15) is 46.5 Å². The average Bonchev–Trinajstić information content (AvgIpc) is 3.17. The molecule has 0 heterocycles. The molecule has 2 aliphatic carbocycles. The van der Waals surface area contributed by atoms with Crippen molar-refractivity contribution in [3.05, 3.63) is 58.7 Å². The zero-order valence-electron chi connectivity index (χ0n) is 15.9. The first-order valence-corrected chi connectivity index (χ1v) is 15.7. The third kappa shape index (κ3) is 5.95. The van der Waals surface area contributed by atoms with E-state index < -0.39 is 0 Å². The van der Waals surface area contributed by atoms with E-state index in [1.807, 2.05) is 0 Å². The molecule has 0 saturated heterocycles. The average molecular weight is 416 g/mol. The summed E-state index contributed by atoms with van der Waals surface area (Å²) in [6.45, 7) is 9.28. The fraction of sp³-hybridized carbons (Fsp3) is 0.545. The molecule has 2 aliphatic rings. The minimum atomic E-state index is 0.210. The Balaban J connectivity index is 0.000000143. The number of hydrogen-bond donors (Lipinski definition) is 0. The molecule has 2 aromatic carbocycles. The van der Waals surface area contributed by atoms with Gasteiger partial charge in [-0.25, -0.2) is 12.1 Å². The third-order valence-electron chi connectivity index (χ3n) is 5.12. The van der Waals surface area contributed by atoms with Crippen molar-refractivity contribution in [1.82, 2.24) is 0 Å². The molecule has 2 aromatic rings. The first-order valence-electron chi connectivity index (χ1n) is 9.49. The van der Waals surface area contributed by atoms with Crippen LogP contribution in [0.3, 0.4) is 0 Å². The van der Waals surface area contributed by atoms with E-state index >= 15 is 0 Å². The van der Waals surface area contributed by atoms with Crippen LogP contribution in [-0.4, -0.2) is 5.43 Å². The molecular weight excluding hydrogens is 384 g/mol. The summed E-state index contributed by atoms with van der Waals surface area (Å²) in [5.41, 5.74) is 6.61. The molecule has 0 saturated carbocycles. The fourth-order valence-electron chi connectivity index (χ4n) is 3.87. The molecule has 0 fully saturated rings. The zero-order valence-corrected chi connectivity index (χ0v) is 19.3. The number of aryl methyl sites for hydroxylation is 2. The van der Waals surface area contributed by atoms with Crippen LogP contribution in [0.1, 0.15) is 73.6 Å². The van der Waals surface area contributed by atoms with Gasteiger partial charge in [0.15, 0.2) is 0 Å². The third-order valence-corrected chi connectivity index (χ3v) is 5.12. The molecule has 0 N–H and O–H groups in total. The molecule has 2 unspecified atom stereocenters. The molecule has 0 spiro atoms. The van der Waals surface area contributed by atoms with Gasteiger partial charge in [0.1, 0.15) is 0 Å². The minimum absolute atomic E-state index is 0.210. The van der Waals surface area contributed by atoms with Crippen LogP contribution in [-0.2, 0) is 36.2 Å². The van der Waals surface area contributed by atoms with Gasteiger partial charge < -0.3 is 0 Å². The van der Waals surface area contributed by atoms with E-state index in [1.54, 1.807) is 45.6 Å².